The number of hydrogen-bond acceptors (Lipinski definition) is 5. The number of nitrogens with zero attached hydrogens (tertiary/aromatic N) is 1. The number of amides is 2. The number of carbonyl (C=O) groups excluding carboxylic acids is 2. The molecule has 7 nitrogen and oxygen atoms in total. The molecular formula is C28H26N4O3. The van der Waals surface area contributed by atoms with E-state index in [1.165, 1.54) is 0 Å². The molecular weight excluding hydrogens is 440 g/mol. The number of anilines is 3. The van der Waals surface area contributed by atoms with E-state index in [1.54, 1.807) is 6.92 Å². The molecule has 0 atom stereocenters. The van der Waals surface area contributed by atoms with Crippen LogP contribution in [0.3, 0.4) is 0 Å². The second-order valence-electron chi connectivity index (χ2n) is 7.94. The van der Waals surface area contributed by atoms with Gasteiger partial charge in [0, 0.05) is 28.2 Å². The van der Waals surface area contributed by atoms with Crippen LogP contribution in [0.4, 0.5) is 17.1 Å². The molecule has 0 spiro atoms. The van der Waals surface area contributed by atoms with Crippen molar-refractivity contribution in [3.8, 4) is 5.75 Å². The molecule has 0 saturated carbocycles. The summed E-state index contributed by atoms with van der Waals surface area (Å²) < 4.78 is 5.65. The predicted molar refractivity (Wildman–Crippen MR) is 140 cm³/mol. The van der Waals surface area contributed by atoms with Gasteiger partial charge >= 0.3 is 0 Å². The number of rotatable bonds is 9. The quantitative estimate of drug-likeness (QED) is 0.225. The molecule has 0 aliphatic heterocycles. The van der Waals surface area contributed by atoms with Crippen LogP contribution in [0.2, 0.25) is 0 Å². The van der Waals surface area contributed by atoms with Crippen molar-refractivity contribution in [2.24, 2.45) is 5.10 Å². The predicted octanol–water partition coefficient (Wildman–Crippen LogP) is 5.48. The van der Waals surface area contributed by atoms with Gasteiger partial charge < -0.3 is 15.4 Å². The number of hydrazone groups is 1. The van der Waals surface area contributed by atoms with Crippen molar-refractivity contribution in [2.75, 3.05) is 17.2 Å². The zero-order valence-corrected chi connectivity index (χ0v) is 19.3. The van der Waals surface area contributed by atoms with Crippen LogP contribution < -0.4 is 20.8 Å². The molecule has 0 radical (unpaired) electrons. The minimum Gasteiger partial charge on any atom is -0.483 e. The molecule has 0 aromatic heterocycles. The summed E-state index contributed by atoms with van der Waals surface area (Å²) in [5.41, 5.74) is 5.49. The van der Waals surface area contributed by atoms with Crippen molar-refractivity contribution in [1.29, 1.82) is 0 Å². The average Bonchev–Trinajstić information content (AvgIpc) is 2.88. The Bertz CT molecular complexity index is 1330. The molecule has 0 heterocycles. The topological polar surface area (TPSA) is 91.8 Å². The van der Waals surface area contributed by atoms with Gasteiger partial charge in [-0.3, -0.25) is 9.59 Å². The molecule has 3 N–H and O–H groups in total. The van der Waals surface area contributed by atoms with E-state index < -0.39 is 5.91 Å². The van der Waals surface area contributed by atoms with Crippen LogP contribution in [0.5, 0.6) is 5.75 Å². The molecule has 7 heteroatoms. The van der Waals surface area contributed by atoms with E-state index >= 15 is 0 Å². The van der Waals surface area contributed by atoms with Crippen LogP contribution >= 0.6 is 0 Å². The van der Waals surface area contributed by atoms with Gasteiger partial charge in [0.1, 0.15) is 5.75 Å². The standard InChI is InChI=1S/C28H26N4O3/c1-20(31-32-28(34)19-35-26-13-7-9-21-8-5-6-12-25(21)26)18-27(33)30-24-16-14-23(15-17-24)29-22-10-3-2-4-11-22/h2-17,29H,18-19H2,1H3,(H,30,33)(H,32,34)/b31-20+. The van der Waals surface area contributed by atoms with Crippen molar-refractivity contribution in [3.05, 3.63) is 97.1 Å². The summed E-state index contributed by atoms with van der Waals surface area (Å²) >= 11 is 0. The van der Waals surface area contributed by atoms with Crippen molar-refractivity contribution in [2.45, 2.75) is 13.3 Å². The molecule has 4 aromatic rings. The number of benzene rings is 4. The van der Waals surface area contributed by atoms with Crippen LogP contribution in [0.25, 0.3) is 10.8 Å². The molecule has 0 bridgehead atoms. The fraction of sp³-hybridized carbons (Fsp3) is 0.107. The summed E-state index contributed by atoms with van der Waals surface area (Å²) in [6, 6.07) is 30.7. The van der Waals surface area contributed by atoms with Crippen molar-refractivity contribution in [1.82, 2.24) is 5.43 Å². The van der Waals surface area contributed by atoms with Gasteiger partial charge in [-0.1, -0.05) is 54.6 Å². The highest BCUT2D eigenvalue weighted by atomic mass is 16.5. The Morgan fingerprint density at radius 2 is 1.40 bits per heavy atom. The van der Waals surface area contributed by atoms with E-state index in [0.717, 1.165) is 22.1 Å². The largest absolute Gasteiger partial charge is 0.483 e. The number of ether oxygens (including phenoxy) is 1. The maximum atomic E-state index is 12.3. The summed E-state index contributed by atoms with van der Waals surface area (Å²) in [4.78, 5) is 24.5. The van der Waals surface area contributed by atoms with Gasteiger partial charge in [-0.15, -0.1) is 0 Å². The Morgan fingerprint density at radius 3 is 2.20 bits per heavy atom. The molecule has 0 unspecified atom stereocenters. The first-order chi connectivity index (χ1) is 17.1. The first-order valence-electron chi connectivity index (χ1n) is 11.2. The summed E-state index contributed by atoms with van der Waals surface area (Å²) in [5, 5.41) is 12.1. The van der Waals surface area contributed by atoms with Crippen molar-refractivity contribution < 1.29 is 14.3 Å². The molecule has 2 amide bonds. The lowest BCUT2D eigenvalue weighted by Crippen LogP contribution is -2.26. The molecule has 176 valence electrons. The number of hydrogen-bond donors (Lipinski definition) is 3. The minimum absolute atomic E-state index is 0.0501. The lowest BCUT2D eigenvalue weighted by atomic mass is 10.1. The van der Waals surface area contributed by atoms with Gasteiger partial charge in [0.15, 0.2) is 6.61 Å². The fourth-order valence-corrected chi connectivity index (χ4v) is 3.46. The van der Waals surface area contributed by atoms with Gasteiger partial charge in [0.2, 0.25) is 5.91 Å². The lowest BCUT2D eigenvalue weighted by Gasteiger charge is -2.09. The highest BCUT2D eigenvalue weighted by Gasteiger charge is 2.08. The normalized spacial score (nSPS) is 11.1. The number of nitrogens with one attached hydrogen (secondary N) is 3. The Hall–Kier alpha value is -4.65. The van der Waals surface area contributed by atoms with Crippen LogP contribution in [0.1, 0.15) is 13.3 Å². The highest BCUT2D eigenvalue weighted by molar-refractivity contribution is 6.05. The molecule has 0 fully saturated rings. The Kier molecular flexibility index (Phi) is 7.70. The third kappa shape index (κ3) is 6.91. The second kappa shape index (κ2) is 11.5. The maximum absolute atomic E-state index is 12.3. The average molecular weight is 467 g/mol. The summed E-state index contributed by atoms with van der Waals surface area (Å²) in [6.07, 6.45) is 0.0501. The SMILES string of the molecule is C/C(CC(=O)Nc1ccc(Nc2ccccc2)cc1)=N\NC(=O)COc1cccc2ccccc12. The Balaban J connectivity index is 1.22. The molecule has 0 aliphatic carbocycles. The first-order valence-corrected chi connectivity index (χ1v) is 11.2. The lowest BCUT2D eigenvalue weighted by molar-refractivity contribution is -0.123. The Labute approximate surface area is 203 Å². The zero-order valence-electron chi connectivity index (χ0n) is 19.3. The number of carbonyl (C=O) groups is 2. The van der Waals surface area contributed by atoms with E-state index in [1.807, 2.05) is 97.1 Å². The van der Waals surface area contributed by atoms with Crippen LogP contribution in [0.15, 0.2) is 102 Å². The summed E-state index contributed by atoms with van der Waals surface area (Å²) in [7, 11) is 0. The monoisotopic (exact) mass is 466 g/mol. The van der Waals surface area contributed by atoms with Gasteiger partial charge in [-0.25, -0.2) is 5.43 Å². The van der Waals surface area contributed by atoms with Crippen molar-refractivity contribution >= 4 is 45.4 Å². The highest BCUT2D eigenvalue weighted by Crippen LogP contribution is 2.25. The first kappa shape index (κ1) is 23.5. The van der Waals surface area contributed by atoms with E-state index in [4.69, 9.17) is 4.74 Å². The molecule has 4 aromatic carbocycles. The molecule has 0 aliphatic rings. The van der Waals surface area contributed by atoms with Crippen LogP contribution in [-0.2, 0) is 9.59 Å². The van der Waals surface area contributed by atoms with Crippen LogP contribution in [0, 0.1) is 0 Å². The van der Waals surface area contributed by atoms with Gasteiger partial charge in [0.05, 0.1) is 6.42 Å². The fourth-order valence-electron chi connectivity index (χ4n) is 3.46. The molecule has 4 rings (SSSR count). The third-order valence-corrected chi connectivity index (χ3v) is 5.13. The van der Waals surface area contributed by atoms with Crippen LogP contribution in [-0.4, -0.2) is 24.1 Å². The van der Waals surface area contributed by atoms with E-state index in [-0.39, 0.29) is 18.9 Å². The second-order valence-corrected chi connectivity index (χ2v) is 7.94. The maximum Gasteiger partial charge on any atom is 0.277 e. The smallest absolute Gasteiger partial charge is 0.277 e. The zero-order chi connectivity index (χ0) is 24.5. The van der Waals surface area contributed by atoms with Gasteiger partial charge in [-0.05, 0) is 54.8 Å². The van der Waals surface area contributed by atoms with Crippen molar-refractivity contribution in [3.63, 3.8) is 0 Å². The number of para-hydroxylation sites is 1. The van der Waals surface area contributed by atoms with Gasteiger partial charge in [-0.2, -0.15) is 5.10 Å². The summed E-state index contributed by atoms with van der Waals surface area (Å²) in [6.45, 7) is 1.50. The van der Waals surface area contributed by atoms with E-state index in [2.05, 4.69) is 21.2 Å². The van der Waals surface area contributed by atoms with E-state index in [9.17, 15) is 9.59 Å². The Morgan fingerprint density at radius 1 is 0.743 bits per heavy atom. The number of fused-ring (bicyclic) bond motifs is 1. The minimum atomic E-state index is -0.404. The van der Waals surface area contributed by atoms with E-state index in [0.29, 0.717) is 17.1 Å². The van der Waals surface area contributed by atoms with Gasteiger partial charge in [0.25, 0.3) is 5.91 Å². The summed E-state index contributed by atoms with van der Waals surface area (Å²) in [5.74, 6) is -0.00112. The molecule has 35 heavy (non-hydrogen) atoms. The molecule has 0 saturated heterocycles. The third-order valence-electron chi connectivity index (χ3n) is 5.13.